The van der Waals surface area contributed by atoms with Crippen molar-refractivity contribution in [3.8, 4) is 17.0 Å². The van der Waals surface area contributed by atoms with Gasteiger partial charge in [0.05, 0.1) is 18.4 Å². The van der Waals surface area contributed by atoms with Gasteiger partial charge in [0.25, 0.3) is 5.91 Å². The molecule has 3 amide bonds. The predicted molar refractivity (Wildman–Crippen MR) is 159 cm³/mol. The smallest absolute Gasteiger partial charge is 0.387 e. The van der Waals surface area contributed by atoms with Crippen molar-refractivity contribution in [2.75, 3.05) is 45.1 Å². The predicted octanol–water partition coefficient (Wildman–Crippen LogP) is 2.86. The quantitative estimate of drug-likeness (QED) is 0.311. The van der Waals surface area contributed by atoms with E-state index in [-0.39, 0.29) is 57.7 Å². The zero-order valence-electron chi connectivity index (χ0n) is 24.3. The van der Waals surface area contributed by atoms with E-state index in [1.165, 1.54) is 46.0 Å². The summed E-state index contributed by atoms with van der Waals surface area (Å²) in [5.41, 5.74) is 0.787. The summed E-state index contributed by atoms with van der Waals surface area (Å²) in [7, 11) is 1.92. The molecule has 16 heteroatoms. The highest BCUT2D eigenvalue weighted by atomic mass is 35.5. The van der Waals surface area contributed by atoms with Crippen LogP contribution in [0.3, 0.4) is 0 Å². The van der Waals surface area contributed by atoms with Gasteiger partial charge in [0.15, 0.2) is 5.65 Å². The number of nitrogens with one attached hydrogen (secondary N) is 1. The number of hydrogen-bond acceptors (Lipinski definition) is 8. The molecule has 0 unspecified atom stereocenters. The number of amides is 3. The average Bonchev–Trinajstić information content (AvgIpc) is 3.62. The number of likely N-dealkylation sites (tertiary alicyclic amines) is 1. The van der Waals surface area contributed by atoms with Gasteiger partial charge in [-0.2, -0.15) is 19.0 Å². The van der Waals surface area contributed by atoms with E-state index in [1.54, 1.807) is 17.2 Å². The maximum absolute atomic E-state index is 13.4. The maximum atomic E-state index is 13.4. The molecule has 45 heavy (non-hydrogen) atoms. The minimum absolute atomic E-state index is 0.0750. The Labute approximate surface area is 261 Å². The molecular weight excluding hydrogens is 612 g/mol. The molecule has 1 N–H and O–H groups in total. The van der Waals surface area contributed by atoms with E-state index < -0.39 is 12.5 Å². The highest BCUT2D eigenvalue weighted by Crippen LogP contribution is 2.37. The van der Waals surface area contributed by atoms with Crippen molar-refractivity contribution in [1.29, 1.82) is 0 Å². The molecule has 0 saturated carbocycles. The van der Waals surface area contributed by atoms with Crippen LogP contribution in [0.5, 0.6) is 5.75 Å². The molecule has 2 aliphatic rings. The minimum atomic E-state index is -3.12. The third kappa shape index (κ3) is 6.59. The highest BCUT2D eigenvalue weighted by Gasteiger charge is 2.32. The normalized spacial score (nSPS) is 16.5. The number of halogens is 3. The number of hydrogen-bond donors (Lipinski definition) is 1. The van der Waals surface area contributed by atoms with Gasteiger partial charge in [-0.25, -0.2) is 9.50 Å². The molecule has 5 heterocycles. The first-order chi connectivity index (χ1) is 21.7. The third-order valence-corrected chi connectivity index (χ3v) is 8.19. The van der Waals surface area contributed by atoms with Crippen LogP contribution in [-0.2, 0) is 16.1 Å². The van der Waals surface area contributed by atoms with E-state index in [2.05, 4.69) is 20.5 Å². The van der Waals surface area contributed by atoms with Crippen LogP contribution in [-0.4, -0.2) is 109 Å². The summed E-state index contributed by atoms with van der Waals surface area (Å²) >= 11 is 6.21. The van der Waals surface area contributed by atoms with Crippen molar-refractivity contribution >= 4 is 40.7 Å². The second-order valence-electron chi connectivity index (χ2n) is 10.9. The number of carbonyl (C=O) groups excluding carboxylic acids is 3. The standard InChI is InChI=1S/C29H30ClF2N9O4/c1-37-11-12-40(25(43)16-37)19-5-9-38(10-6-19)24(42)17-39-15-22(35-28(44)21-14-34-41-8-2-7-33-27(21)41)26(36-39)20-13-18(30)3-4-23(20)45-29(31)32/h2-4,7-8,13-15,19,29H,5-6,9-12,16-17H2,1H3,(H,35,44). The van der Waals surface area contributed by atoms with Gasteiger partial charge in [0.2, 0.25) is 11.8 Å². The van der Waals surface area contributed by atoms with Crippen LogP contribution in [0.25, 0.3) is 16.9 Å². The van der Waals surface area contributed by atoms with E-state index in [0.29, 0.717) is 44.7 Å². The molecule has 0 spiro atoms. The van der Waals surface area contributed by atoms with Crippen molar-refractivity contribution in [1.82, 2.24) is 39.1 Å². The lowest BCUT2D eigenvalue weighted by Crippen LogP contribution is -2.56. The van der Waals surface area contributed by atoms with E-state index in [4.69, 9.17) is 16.3 Å². The number of piperazine rings is 1. The average molecular weight is 642 g/mol. The van der Waals surface area contributed by atoms with E-state index in [0.717, 1.165) is 6.54 Å². The molecule has 0 radical (unpaired) electrons. The maximum Gasteiger partial charge on any atom is 0.387 e. The van der Waals surface area contributed by atoms with Crippen LogP contribution in [0.2, 0.25) is 5.02 Å². The molecule has 2 aliphatic heterocycles. The van der Waals surface area contributed by atoms with Gasteiger partial charge in [-0.05, 0) is 44.2 Å². The first kappa shape index (κ1) is 30.4. The Morgan fingerprint density at radius 3 is 2.73 bits per heavy atom. The van der Waals surface area contributed by atoms with Gasteiger partial charge in [0, 0.05) is 61.4 Å². The fraction of sp³-hybridized carbons (Fsp3) is 0.379. The second-order valence-corrected chi connectivity index (χ2v) is 11.4. The molecule has 2 fully saturated rings. The van der Waals surface area contributed by atoms with Crippen LogP contribution in [0, 0.1) is 0 Å². The number of likely N-dealkylation sites (N-methyl/N-ethyl adjacent to an activating group) is 1. The monoisotopic (exact) mass is 641 g/mol. The van der Waals surface area contributed by atoms with Crippen LogP contribution in [0.4, 0.5) is 14.5 Å². The molecule has 3 aromatic heterocycles. The van der Waals surface area contributed by atoms with Gasteiger partial charge in [0.1, 0.15) is 23.6 Å². The first-order valence-corrected chi connectivity index (χ1v) is 14.7. The number of rotatable bonds is 8. The molecule has 236 valence electrons. The largest absolute Gasteiger partial charge is 0.434 e. The molecule has 2 saturated heterocycles. The zero-order chi connectivity index (χ0) is 31.7. The summed E-state index contributed by atoms with van der Waals surface area (Å²) in [6.07, 6.45) is 7.30. The fourth-order valence-electron chi connectivity index (χ4n) is 5.71. The van der Waals surface area contributed by atoms with Crippen molar-refractivity contribution in [2.45, 2.75) is 32.0 Å². The van der Waals surface area contributed by atoms with Crippen LogP contribution in [0.1, 0.15) is 23.2 Å². The van der Waals surface area contributed by atoms with Crippen LogP contribution >= 0.6 is 11.6 Å². The Balaban J connectivity index is 1.23. The summed E-state index contributed by atoms with van der Waals surface area (Å²) < 4.78 is 34.1. The number of anilines is 1. The molecule has 0 atom stereocenters. The lowest BCUT2D eigenvalue weighted by atomic mass is 10.0. The lowest BCUT2D eigenvalue weighted by Gasteiger charge is -2.42. The molecule has 1 aromatic carbocycles. The van der Waals surface area contributed by atoms with Gasteiger partial charge >= 0.3 is 6.61 Å². The number of aromatic nitrogens is 5. The number of nitrogens with zero attached hydrogens (tertiary/aromatic N) is 8. The van der Waals surface area contributed by atoms with E-state index in [9.17, 15) is 23.2 Å². The Kier molecular flexibility index (Phi) is 8.63. The third-order valence-electron chi connectivity index (χ3n) is 7.95. The summed E-state index contributed by atoms with van der Waals surface area (Å²) in [5.74, 6) is -0.898. The van der Waals surface area contributed by atoms with E-state index >= 15 is 0 Å². The summed E-state index contributed by atoms with van der Waals surface area (Å²) in [6, 6.07) is 5.82. The Morgan fingerprint density at radius 2 is 1.98 bits per heavy atom. The number of fused-ring (bicyclic) bond motifs is 1. The Hall–Kier alpha value is -4.63. The second kappa shape index (κ2) is 12.8. The van der Waals surface area contributed by atoms with Gasteiger partial charge in [-0.15, -0.1) is 0 Å². The SMILES string of the molecule is CN1CCN(C2CCN(C(=O)Cn3cc(NC(=O)c4cnn5cccnc45)c(-c4cc(Cl)ccc4OC(F)F)n3)CC2)C(=O)C1. The Morgan fingerprint density at radius 1 is 1.18 bits per heavy atom. The van der Waals surface area contributed by atoms with Gasteiger partial charge in [-0.1, -0.05) is 11.6 Å². The molecule has 0 bridgehead atoms. The van der Waals surface area contributed by atoms with Crippen LogP contribution < -0.4 is 10.1 Å². The number of benzene rings is 1. The van der Waals surface area contributed by atoms with E-state index in [1.807, 2.05) is 16.8 Å². The summed E-state index contributed by atoms with van der Waals surface area (Å²) in [4.78, 5) is 49.1. The number of piperidine rings is 1. The Bertz CT molecular complexity index is 1740. The number of carbonyl (C=O) groups is 3. The topological polar surface area (TPSA) is 130 Å². The number of ether oxygens (including phenoxy) is 1. The van der Waals surface area contributed by atoms with Crippen molar-refractivity contribution in [2.24, 2.45) is 0 Å². The van der Waals surface area contributed by atoms with Crippen molar-refractivity contribution in [3.05, 3.63) is 59.6 Å². The van der Waals surface area contributed by atoms with Crippen molar-refractivity contribution < 1.29 is 27.9 Å². The van der Waals surface area contributed by atoms with Crippen molar-refractivity contribution in [3.63, 3.8) is 0 Å². The molecular formula is C29H30ClF2N9O4. The van der Waals surface area contributed by atoms with Gasteiger partial charge in [-0.3, -0.25) is 24.0 Å². The fourth-order valence-corrected chi connectivity index (χ4v) is 5.88. The highest BCUT2D eigenvalue weighted by molar-refractivity contribution is 6.31. The zero-order valence-corrected chi connectivity index (χ0v) is 25.0. The molecule has 0 aliphatic carbocycles. The first-order valence-electron chi connectivity index (χ1n) is 14.3. The molecule has 4 aromatic rings. The number of alkyl halides is 2. The summed E-state index contributed by atoms with van der Waals surface area (Å²) in [6.45, 7) is -0.470. The van der Waals surface area contributed by atoms with Gasteiger partial charge < -0.3 is 19.9 Å². The van der Waals surface area contributed by atoms with Crippen LogP contribution in [0.15, 0.2) is 49.1 Å². The summed E-state index contributed by atoms with van der Waals surface area (Å²) in [5, 5.41) is 11.6. The molecule has 6 rings (SSSR count). The lowest BCUT2D eigenvalue weighted by molar-refractivity contribution is -0.140. The minimum Gasteiger partial charge on any atom is -0.434 e. The molecule has 13 nitrogen and oxygen atoms in total.